The molecule has 1 unspecified atom stereocenters. The SMILES string of the molecule is CC(C)C(C)NC(=O)c1sc2cnccc2c1N. The second-order valence-corrected chi connectivity index (χ2v) is 5.78. The minimum atomic E-state index is -0.102. The number of nitrogens with two attached hydrogens (primary N) is 1. The molecule has 0 aliphatic heterocycles. The number of nitrogens with zero attached hydrogens (tertiary/aromatic N) is 1. The molecule has 96 valence electrons. The Hall–Kier alpha value is -1.62. The van der Waals surface area contributed by atoms with Gasteiger partial charge in [-0.15, -0.1) is 11.3 Å². The first kappa shape index (κ1) is 12.8. The first-order valence-electron chi connectivity index (χ1n) is 5.93. The van der Waals surface area contributed by atoms with Crippen LogP contribution in [-0.4, -0.2) is 16.9 Å². The summed E-state index contributed by atoms with van der Waals surface area (Å²) in [7, 11) is 0. The molecule has 18 heavy (non-hydrogen) atoms. The summed E-state index contributed by atoms with van der Waals surface area (Å²) in [5, 5.41) is 3.87. The van der Waals surface area contributed by atoms with Crippen LogP contribution in [0.15, 0.2) is 18.5 Å². The Morgan fingerprint density at radius 2 is 2.17 bits per heavy atom. The number of nitrogens with one attached hydrogen (secondary N) is 1. The minimum absolute atomic E-state index is 0.102. The number of rotatable bonds is 3. The number of nitrogen functional groups attached to an aromatic ring is 1. The number of hydrogen-bond acceptors (Lipinski definition) is 4. The standard InChI is InChI=1S/C13H17N3OS/c1-7(2)8(3)16-13(17)12-11(14)9-4-5-15-6-10(9)18-12/h4-8H,14H2,1-3H3,(H,16,17). The summed E-state index contributed by atoms with van der Waals surface area (Å²) in [6, 6.07) is 1.96. The predicted molar refractivity (Wildman–Crippen MR) is 75.8 cm³/mol. The lowest BCUT2D eigenvalue weighted by molar-refractivity contribution is 0.0935. The van der Waals surface area contributed by atoms with Crippen LogP contribution in [0.3, 0.4) is 0 Å². The van der Waals surface area contributed by atoms with Crippen molar-refractivity contribution < 1.29 is 4.79 Å². The number of carbonyl (C=O) groups is 1. The Balaban J connectivity index is 2.31. The molecule has 2 heterocycles. The third kappa shape index (κ3) is 2.31. The van der Waals surface area contributed by atoms with E-state index in [1.165, 1.54) is 11.3 Å². The number of aromatic nitrogens is 1. The molecule has 0 saturated carbocycles. The molecule has 0 bridgehead atoms. The van der Waals surface area contributed by atoms with E-state index in [1.807, 2.05) is 13.0 Å². The Morgan fingerprint density at radius 1 is 1.44 bits per heavy atom. The van der Waals surface area contributed by atoms with Gasteiger partial charge >= 0.3 is 0 Å². The Kier molecular flexibility index (Phi) is 3.52. The molecule has 0 aromatic carbocycles. The molecule has 1 atom stereocenters. The molecule has 0 radical (unpaired) electrons. The summed E-state index contributed by atoms with van der Waals surface area (Å²) in [4.78, 5) is 16.8. The molecule has 2 aromatic heterocycles. The smallest absolute Gasteiger partial charge is 0.263 e. The summed E-state index contributed by atoms with van der Waals surface area (Å²) >= 11 is 1.39. The van der Waals surface area contributed by atoms with Gasteiger partial charge in [-0.25, -0.2) is 0 Å². The average molecular weight is 263 g/mol. The quantitative estimate of drug-likeness (QED) is 0.894. The van der Waals surface area contributed by atoms with E-state index in [-0.39, 0.29) is 11.9 Å². The van der Waals surface area contributed by atoms with Crippen molar-refractivity contribution in [2.75, 3.05) is 5.73 Å². The summed E-state index contributed by atoms with van der Waals surface area (Å²) in [5.41, 5.74) is 6.56. The van der Waals surface area contributed by atoms with E-state index >= 15 is 0 Å². The van der Waals surface area contributed by atoms with E-state index < -0.39 is 0 Å². The summed E-state index contributed by atoms with van der Waals surface area (Å²) in [6.45, 7) is 6.14. The molecular weight excluding hydrogens is 246 g/mol. The van der Waals surface area contributed by atoms with Gasteiger partial charge in [-0.2, -0.15) is 0 Å². The maximum absolute atomic E-state index is 12.1. The maximum Gasteiger partial charge on any atom is 0.263 e. The van der Waals surface area contributed by atoms with Crippen molar-refractivity contribution in [1.29, 1.82) is 0 Å². The average Bonchev–Trinajstić information content (AvgIpc) is 2.67. The van der Waals surface area contributed by atoms with E-state index in [0.717, 1.165) is 10.1 Å². The highest BCUT2D eigenvalue weighted by Crippen LogP contribution is 2.32. The van der Waals surface area contributed by atoms with Gasteiger partial charge in [-0.3, -0.25) is 9.78 Å². The van der Waals surface area contributed by atoms with Crippen molar-refractivity contribution in [3.63, 3.8) is 0 Å². The first-order chi connectivity index (χ1) is 8.50. The third-order valence-corrected chi connectivity index (χ3v) is 4.25. The van der Waals surface area contributed by atoms with Crippen molar-refractivity contribution in [2.45, 2.75) is 26.8 Å². The van der Waals surface area contributed by atoms with Crippen LogP contribution in [0.4, 0.5) is 5.69 Å². The van der Waals surface area contributed by atoms with E-state index in [1.54, 1.807) is 12.4 Å². The second kappa shape index (κ2) is 4.94. The molecule has 0 spiro atoms. The number of carbonyl (C=O) groups excluding carboxylic acids is 1. The summed E-state index contributed by atoms with van der Waals surface area (Å²) < 4.78 is 0.942. The van der Waals surface area contributed by atoms with Crippen LogP contribution in [0.1, 0.15) is 30.4 Å². The van der Waals surface area contributed by atoms with Gasteiger partial charge in [0.05, 0.1) is 10.4 Å². The normalized spacial score (nSPS) is 12.9. The Bertz CT molecular complexity index is 577. The van der Waals surface area contributed by atoms with Gasteiger partial charge in [0.2, 0.25) is 0 Å². The van der Waals surface area contributed by atoms with Gasteiger partial charge in [0, 0.05) is 23.8 Å². The number of fused-ring (bicyclic) bond motifs is 1. The molecule has 4 nitrogen and oxygen atoms in total. The van der Waals surface area contributed by atoms with E-state index in [4.69, 9.17) is 5.73 Å². The van der Waals surface area contributed by atoms with Gasteiger partial charge in [-0.05, 0) is 18.9 Å². The van der Waals surface area contributed by atoms with E-state index in [9.17, 15) is 4.79 Å². The molecular formula is C13H17N3OS. The highest BCUT2D eigenvalue weighted by atomic mass is 32.1. The van der Waals surface area contributed by atoms with E-state index in [2.05, 4.69) is 24.1 Å². The highest BCUT2D eigenvalue weighted by molar-refractivity contribution is 7.21. The molecule has 0 saturated heterocycles. The predicted octanol–water partition coefficient (Wildman–Crippen LogP) is 2.65. The maximum atomic E-state index is 12.1. The number of hydrogen-bond donors (Lipinski definition) is 2. The van der Waals surface area contributed by atoms with Crippen molar-refractivity contribution in [3.8, 4) is 0 Å². The first-order valence-corrected chi connectivity index (χ1v) is 6.75. The van der Waals surface area contributed by atoms with Gasteiger partial charge in [0.15, 0.2) is 0 Å². The fourth-order valence-electron chi connectivity index (χ4n) is 1.58. The van der Waals surface area contributed by atoms with Crippen molar-refractivity contribution in [2.24, 2.45) is 5.92 Å². The highest BCUT2D eigenvalue weighted by Gasteiger charge is 2.18. The van der Waals surface area contributed by atoms with Crippen LogP contribution >= 0.6 is 11.3 Å². The van der Waals surface area contributed by atoms with Crippen LogP contribution in [0.2, 0.25) is 0 Å². The minimum Gasteiger partial charge on any atom is -0.397 e. The molecule has 5 heteroatoms. The molecule has 2 rings (SSSR count). The zero-order chi connectivity index (χ0) is 13.3. The van der Waals surface area contributed by atoms with Gasteiger partial charge in [0.25, 0.3) is 5.91 Å². The number of pyridine rings is 1. The van der Waals surface area contributed by atoms with Crippen molar-refractivity contribution in [1.82, 2.24) is 10.3 Å². The van der Waals surface area contributed by atoms with Gasteiger partial charge < -0.3 is 11.1 Å². The monoisotopic (exact) mass is 263 g/mol. The van der Waals surface area contributed by atoms with E-state index in [0.29, 0.717) is 16.5 Å². The lowest BCUT2D eigenvalue weighted by atomic mass is 10.1. The second-order valence-electron chi connectivity index (χ2n) is 4.72. The van der Waals surface area contributed by atoms with Crippen molar-refractivity contribution >= 4 is 33.0 Å². The molecule has 0 fully saturated rings. The molecule has 1 amide bonds. The molecule has 0 aliphatic carbocycles. The zero-order valence-corrected chi connectivity index (χ0v) is 11.5. The number of thiophene rings is 1. The third-order valence-electron chi connectivity index (χ3n) is 3.10. The Morgan fingerprint density at radius 3 is 2.78 bits per heavy atom. The molecule has 0 aliphatic rings. The fraction of sp³-hybridized carbons (Fsp3) is 0.385. The topological polar surface area (TPSA) is 68.0 Å². The van der Waals surface area contributed by atoms with Crippen LogP contribution in [0.5, 0.6) is 0 Å². The largest absolute Gasteiger partial charge is 0.397 e. The van der Waals surface area contributed by atoms with Crippen molar-refractivity contribution in [3.05, 3.63) is 23.3 Å². The number of amides is 1. The van der Waals surface area contributed by atoms with Crippen LogP contribution in [0, 0.1) is 5.92 Å². The van der Waals surface area contributed by atoms with Gasteiger partial charge in [0.1, 0.15) is 4.88 Å². The van der Waals surface area contributed by atoms with Crippen LogP contribution in [0.25, 0.3) is 10.1 Å². The summed E-state index contributed by atoms with van der Waals surface area (Å²) in [5.74, 6) is 0.293. The molecule has 3 N–H and O–H groups in total. The fourth-order valence-corrected chi connectivity index (χ4v) is 2.57. The number of anilines is 1. The zero-order valence-electron chi connectivity index (χ0n) is 10.7. The summed E-state index contributed by atoms with van der Waals surface area (Å²) in [6.07, 6.45) is 3.42. The lowest BCUT2D eigenvalue weighted by Gasteiger charge is -2.16. The molecule has 2 aromatic rings. The lowest BCUT2D eigenvalue weighted by Crippen LogP contribution is -2.35. The van der Waals surface area contributed by atoms with Gasteiger partial charge in [-0.1, -0.05) is 13.8 Å². The van der Waals surface area contributed by atoms with Crippen LogP contribution < -0.4 is 11.1 Å². The van der Waals surface area contributed by atoms with Crippen LogP contribution in [-0.2, 0) is 0 Å². The Labute approximate surface area is 110 Å².